The number of alkyl carbamates (subject to hydrolysis) is 1. The molecule has 31 heavy (non-hydrogen) atoms. The number of fused-ring (bicyclic) bond motifs is 1. The third kappa shape index (κ3) is 4.89. The Morgan fingerprint density at radius 2 is 1.97 bits per heavy atom. The fraction of sp³-hybridized carbons (Fsp3) is 0.565. The number of nitrogens with zero attached hydrogens (tertiary/aromatic N) is 4. The highest BCUT2D eigenvalue weighted by Gasteiger charge is 2.28. The Labute approximate surface area is 182 Å². The van der Waals surface area contributed by atoms with Crippen LogP contribution in [0.1, 0.15) is 78.2 Å². The van der Waals surface area contributed by atoms with E-state index in [0.717, 1.165) is 42.1 Å². The molecule has 0 spiro atoms. The van der Waals surface area contributed by atoms with E-state index >= 15 is 0 Å². The molecule has 8 nitrogen and oxygen atoms in total. The average molecular weight is 426 g/mol. The molecule has 0 atom stereocenters. The van der Waals surface area contributed by atoms with Gasteiger partial charge in [-0.2, -0.15) is 10.1 Å². The van der Waals surface area contributed by atoms with Gasteiger partial charge in [-0.1, -0.05) is 17.3 Å². The molecule has 1 amide bonds. The van der Waals surface area contributed by atoms with Crippen LogP contribution < -0.4 is 5.32 Å². The van der Waals surface area contributed by atoms with E-state index in [-0.39, 0.29) is 24.1 Å². The van der Waals surface area contributed by atoms with Gasteiger partial charge in [0.15, 0.2) is 0 Å². The van der Waals surface area contributed by atoms with Gasteiger partial charge < -0.3 is 14.6 Å². The van der Waals surface area contributed by atoms with Gasteiger partial charge in [-0.15, -0.1) is 0 Å². The van der Waals surface area contributed by atoms with Gasteiger partial charge in [0, 0.05) is 29.0 Å². The van der Waals surface area contributed by atoms with Crippen molar-refractivity contribution in [2.45, 2.75) is 83.9 Å². The highest BCUT2D eigenvalue weighted by atomic mass is 16.6. The maximum absolute atomic E-state index is 12.0. The van der Waals surface area contributed by atoms with E-state index in [1.807, 2.05) is 43.8 Å². The van der Waals surface area contributed by atoms with Crippen LogP contribution in [0.4, 0.5) is 4.79 Å². The lowest BCUT2D eigenvalue weighted by Crippen LogP contribution is -2.40. The van der Waals surface area contributed by atoms with Crippen LogP contribution >= 0.6 is 0 Å². The number of amides is 1. The predicted molar refractivity (Wildman–Crippen MR) is 118 cm³/mol. The third-order valence-electron chi connectivity index (χ3n) is 5.58. The summed E-state index contributed by atoms with van der Waals surface area (Å²) in [4.78, 5) is 16.7. The molecule has 1 N–H and O–H groups in total. The monoisotopic (exact) mass is 425 g/mol. The van der Waals surface area contributed by atoms with Crippen LogP contribution in [-0.2, 0) is 4.74 Å². The van der Waals surface area contributed by atoms with Crippen LogP contribution in [0.15, 0.2) is 28.9 Å². The summed E-state index contributed by atoms with van der Waals surface area (Å²) in [7, 11) is 0. The Hall–Kier alpha value is -2.90. The second-order valence-electron chi connectivity index (χ2n) is 9.61. The van der Waals surface area contributed by atoms with Crippen LogP contribution in [-0.4, -0.2) is 37.7 Å². The molecule has 2 aromatic heterocycles. The number of rotatable bonds is 4. The fourth-order valence-electron chi connectivity index (χ4n) is 4.07. The summed E-state index contributed by atoms with van der Waals surface area (Å²) in [6.45, 7) is 9.82. The van der Waals surface area contributed by atoms with Gasteiger partial charge in [-0.05, 0) is 66.4 Å². The number of hydrogen-bond acceptors (Lipinski definition) is 6. The molecule has 1 fully saturated rings. The average Bonchev–Trinajstić information content (AvgIpc) is 3.34. The molecule has 2 heterocycles. The first-order valence-corrected chi connectivity index (χ1v) is 11.0. The number of benzene rings is 1. The normalized spacial score (nSPS) is 19.7. The molecular formula is C23H31N5O3. The van der Waals surface area contributed by atoms with Crippen molar-refractivity contribution in [2.24, 2.45) is 0 Å². The third-order valence-corrected chi connectivity index (χ3v) is 5.58. The Morgan fingerprint density at radius 3 is 2.65 bits per heavy atom. The topological polar surface area (TPSA) is 95.1 Å². The maximum atomic E-state index is 12.0. The Morgan fingerprint density at radius 1 is 1.23 bits per heavy atom. The van der Waals surface area contributed by atoms with E-state index in [2.05, 4.69) is 40.5 Å². The van der Waals surface area contributed by atoms with Crippen LogP contribution in [0.2, 0.25) is 0 Å². The van der Waals surface area contributed by atoms with Crippen molar-refractivity contribution < 1.29 is 14.1 Å². The minimum absolute atomic E-state index is 0.118. The van der Waals surface area contributed by atoms with Gasteiger partial charge in [0.05, 0.1) is 11.7 Å². The summed E-state index contributed by atoms with van der Waals surface area (Å²) in [6, 6.07) is 6.51. The summed E-state index contributed by atoms with van der Waals surface area (Å²) >= 11 is 0. The van der Waals surface area contributed by atoms with E-state index in [1.165, 1.54) is 0 Å². The zero-order valence-electron chi connectivity index (χ0n) is 18.9. The summed E-state index contributed by atoms with van der Waals surface area (Å²) in [6.07, 6.45) is 5.03. The van der Waals surface area contributed by atoms with Crippen LogP contribution in [0.25, 0.3) is 22.3 Å². The Kier molecular flexibility index (Phi) is 5.73. The van der Waals surface area contributed by atoms with Gasteiger partial charge >= 0.3 is 6.09 Å². The van der Waals surface area contributed by atoms with Crippen molar-refractivity contribution in [1.82, 2.24) is 25.2 Å². The molecule has 0 saturated heterocycles. The van der Waals surface area contributed by atoms with Crippen LogP contribution in [0.3, 0.4) is 0 Å². The van der Waals surface area contributed by atoms with Crippen molar-refractivity contribution in [3.8, 4) is 11.4 Å². The first-order chi connectivity index (χ1) is 14.7. The van der Waals surface area contributed by atoms with Crippen molar-refractivity contribution in [2.75, 3.05) is 0 Å². The zero-order valence-corrected chi connectivity index (χ0v) is 18.9. The Balaban J connectivity index is 1.40. The van der Waals surface area contributed by atoms with E-state index in [9.17, 15) is 4.79 Å². The molecule has 8 heteroatoms. The fourth-order valence-corrected chi connectivity index (χ4v) is 4.07. The summed E-state index contributed by atoms with van der Waals surface area (Å²) in [5.74, 6) is 1.48. The van der Waals surface area contributed by atoms with Gasteiger partial charge in [0.2, 0.25) is 11.7 Å². The molecule has 1 aliphatic carbocycles. The van der Waals surface area contributed by atoms with Gasteiger partial charge in [-0.25, -0.2) is 4.79 Å². The molecule has 1 aliphatic rings. The second kappa shape index (κ2) is 8.32. The summed E-state index contributed by atoms with van der Waals surface area (Å²) in [5.41, 5.74) is 1.50. The van der Waals surface area contributed by atoms with Crippen molar-refractivity contribution in [3.05, 3.63) is 30.3 Å². The van der Waals surface area contributed by atoms with Crippen molar-refractivity contribution in [3.63, 3.8) is 0 Å². The van der Waals surface area contributed by atoms with Gasteiger partial charge in [-0.3, -0.25) is 4.68 Å². The molecule has 0 bridgehead atoms. The minimum atomic E-state index is -0.489. The standard InChI is InChI=1S/C23H31N5O3/c1-14(2)28-19-12-16(6-7-17(19)13-24-28)20-26-21(31-27-20)15-8-10-18(11-9-15)25-22(29)30-23(3,4)5/h6-7,12-15,18H,8-11H2,1-5H3,(H,25,29)/t15-,18+. The largest absolute Gasteiger partial charge is 0.444 e. The van der Waals surface area contributed by atoms with Gasteiger partial charge in [0.1, 0.15) is 5.60 Å². The van der Waals surface area contributed by atoms with Crippen molar-refractivity contribution in [1.29, 1.82) is 0 Å². The Bertz CT molecular complexity index is 1050. The number of nitrogens with one attached hydrogen (secondary N) is 1. The second-order valence-corrected chi connectivity index (χ2v) is 9.61. The molecular weight excluding hydrogens is 394 g/mol. The van der Waals surface area contributed by atoms with Crippen molar-refractivity contribution >= 4 is 17.0 Å². The molecule has 0 aliphatic heterocycles. The lowest BCUT2D eigenvalue weighted by Gasteiger charge is -2.28. The molecule has 1 saturated carbocycles. The molecule has 1 aromatic carbocycles. The summed E-state index contributed by atoms with van der Waals surface area (Å²) in [5, 5.41) is 12.8. The first-order valence-electron chi connectivity index (χ1n) is 11.0. The molecule has 0 unspecified atom stereocenters. The van der Waals surface area contributed by atoms with Crippen LogP contribution in [0.5, 0.6) is 0 Å². The van der Waals surface area contributed by atoms with E-state index in [4.69, 9.17) is 9.26 Å². The molecule has 166 valence electrons. The number of carbonyl (C=O) groups is 1. The molecule has 3 aromatic rings. The smallest absolute Gasteiger partial charge is 0.407 e. The molecule has 4 rings (SSSR count). The molecule has 0 radical (unpaired) electrons. The highest BCUT2D eigenvalue weighted by Crippen LogP contribution is 2.33. The quantitative estimate of drug-likeness (QED) is 0.616. The van der Waals surface area contributed by atoms with Crippen LogP contribution in [0, 0.1) is 0 Å². The lowest BCUT2D eigenvalue weighted by molar-refractivity contribution is 0.0490. The first kappa shape index (κ1) is 21.3. The van der Waals surface area contributed by atoms with E-state index in [0.29, 0.717) is 11.7 Å². The number of aromatic nitrogens is 4. The van der Waals surface area contributed by atoms with E-state index < -0.39 is 5.60 Å². The minimum Gasteiger partial charge on any atom is -0.444 e. The number of carbonyl (C=O) groups excluding carboxylic acids is 1. The predicted octanol–water partition coefficient (Wildman–Crippen LogP) is 5.22. The van der Waals surface area contributed by atoms with Gasteiger partial charge in [0.25, 0.3) is 0 Å². The van der Waals surface area contributed by atoms with E-state index in [1.54, 1.807) is 0 Å². The zero-order chi connectivity index (χ0) is 22.2. The number of hydrogen-bond donors (Lipinski definition) is 1. The SMILES string of the molecule is CC(C)n1ncc2ccc(-c3noc([C@H]4CC[C@@H](NC(=O)OC(C)(C)C)CC4)n3)cc21. The number of ether oxygens (including phenoxy) is 1. The lowest BCUT2D eigenvalue weighted by atomic mass is 9.86. The highest BCUT2D eigenvalue weighted by molar-refractivity contribution is 5.83. The maximum Gasteiger partial charge on any atom is 0.407 e. The summed E-state index contributed by atoms with van der Waals surface area (Å²) < 4.78 is 13.0.